The summed E-state index contributed by atoms with van der Waals surface area (Å²) in [5.41, 5.74) is 11.9. The molecule has 1 aliphatic heterocycles. The van der Waals surface area contributed by atoms with Gasteiger partial charge in [0.05, 0.1) is 6.54 Å². The number of aliphatic imine (C=N–C) groups is 1. The predicted molar refractivity (Wildman–Crippen MR) is 111 cm³/mol. The lowest BCUT2D eigenvalue weighted by Crippen LogP contribution is -2.32. The third kappa shape index (κ3) is 5.16. The summed E-state index contributed by atoms with van der Waals surface area (Å²) in [5, 5.41) is 3.17. The summed E-state index contributed by atoms with van der Waals surface area (Å²) in [6.45, 7) is 7.01. The molecule has 0 bridgehead atoms. The van der Waals surface area contributed by atoms with Crippen LogP contribution in [0.5, 0.6) is 0 Å². The van der Waals surface area contributed by atoms with Gasteiger partial charge in [0.15, 0.2) is 5.96 Å². The van der Waals surface area contributed by atoms with E-state index in [0.717, 1.165) is 18.8 Å². The summed E-state index contributed by atoms with van der Waals surface area (Å²) >= 11 is 2.03. The summed E-state index contributed by atoms with van der Waals surface area (Å²) in [6.07, 6.45) is 0. The summed E-state index contributed by atoms with van der Waals surface area (Å²) in [4.78, 5) is 6.90. The van der Waals surface area contributed by atoms with E-state index in [4.69, 9.17) is 5.73 Å². The number of thioether (sulfide) groups is 1. The zero-order valence-corrected chi connectivity index (χ0v) is 15.8. The van der Waals surface area contributed by atoms with Crippen LogP contribution in [0.2, 0.25) is 0 Å². The van der Waals surface area contributed by atoms with Crippen molar-refractivity contribution in [3.05, 3.63) is 59.2 Å². The van der Waals surface area contributed by atoms with Crippen molar-refractivity contribution in [2.24, 2.45) is 10.7 Å². The SMILES string of the molecule is Cc1cc(C)cc(NC(N)=NCc2ccc(N3CCSCC3)cc2)c1. The maximum absolute atomic E-state index is 6.03. The Kier molecular flexibility index (Phi) is 5.87. The first kappa shape index (κ1) is 17.7. The molecule has 5 heteroatoms. The highest BCUT2D eigenvalue weighted by molar-refractivity contribution is 7.99. The molecule has 25 heavy (non-hydrogen) atoms. The van der Waals surface area contributed by atoms with Crippen molar-refractivity contribution in [2.75, 3.05) is 34.8 Å². The first-order valence-electron chi connectivity index (χ1n) is 8.67. The van der Waals surface area contributed by atoms with Crippen molar-refractivity contribution in [1.29, 1.82) is 0 Å². The second-order valence-electron chi connectivity index (χ2n) is 6.47. The quantitative estimate of drug-likeness (QED) is 0.648. The molecule has 0 amide bonds. The highest BCUT2D eigenvalue weighted by atomic mass is 32.2. The minimum Gasteiger partial charge on any atom is -0.370 e. The van der Waals surface area contributed by atoms with E-state index in [2.05, 4.69) is 71.5 Å². The number of nitrogens with one attached hydrogen (secondary N) is 1. The van der Waals surface area contributed by atoms with Gasteiger partial charge in [-0.2, -0.15) is 11.8 Å². The second kappa shape index (κ2) is 8.30. The number of anilines is 2. The first-order chi connectivity index (χ1) is 12.1. The van der Waals surface area contributed by atoms with Gasteiger partial charge in [-0.3, -0.25) is 0 Å². The van der Waals surface area contributed by atoms with Gasteiger partial charge in [-0.15, -0.1) is 0 Å². The average molecular weight is 355 g/mol. The van der Waals surface area contributed by atoms with Gasteiger partial charge in [0.25, 0.3) is 0 Å². The number of nitrogens with two attached hydrogens (primary N) is 1. The fraction of sp³-hybridized carbons (Fsp3) is 0.350. The van der Waals surface area contributed by atoms with Gasteiger partial charge < -0.3 is 16.0 Å². The Hall–Kier alpha value is -2.14. The molecular weight excluding hydrogens is 328 g/mol. The standard InChI is InChI=1S/C20H26N4S/c1-15-11-16(2)13-18(12-15)23-20(21)22-14-17-3-5-19(6-4-17)24-7-9-25-10-8-24/h3-6,11-13H,7-10,14H2,1-2H3,(H3,21,22,23). The Morgan fingerprint density at radius 3 is 2.36 bits per heavy atom. The molecule has 2 aromatic carbocycles. The van der Waals surface area contributed by atoms with E-state index in [1.807, 2.05) is 11.8 Å². The van der Waals surface area contributed by atoms with Gasteiger partial charge in [0, 0.05) is 36.0 Å². The maximum atomic E-state index is 6.03. The average Bonchev–Trinajstić information content (AvgIpc) is 2.60. The van der Waals surface area contributed by atoms with Crippen LogP contribution in [-0.2, 0) is 6.54 Å². The molecule has 4 nitrogen and oxygen atoms in total. The minimum absolute atomic E-state index is 0.446. The molecule has 3 rings (SSSR count). The van der Waals surface area contributed by atoms with Crippen LogP contribution in [0.1, 0.15) is 16.7 Å². The highest BCUT2D eigenvalue weighted by Crippen LogP contribution is 2.20. The van der Waals surface area contributed by atoms with Gasteiger partial charge in [-0.05, 0) is 54.8 Å². The van der Waals surface area contributed by atoms with E-state index >= 15 is 0 Å². The van der Waals surface area contributed by atoms with Crippen molar-refractivity contribution < 1.29 is 0 Å². The fourth-order valence-corrected chi connectivity index (χ4v) is 3.95. The second-order valence-corrected chi connectivity index (χ2v) is 7.69. The third-order valence-electron chi connectivity index (χ3n) is 4.24. The summed E-state index contributed by atoms with van der Waals surface area (Å²) < 4.78 is 0. The van der Waals surface area contributed by atoms with Gasteiger partial charge in [-0.25, -0.2) is 4.99 Å². The molecular formula is C20H26N4S. The van der Waals surface area contributed by atoms with Crippen LogP contribution >= 0.6 is 11.8 Å². The molecule has 0 atom stereocenters. The molecule has 1 heterocycles. The van der Waals surface area contributed by atoms with E-state index in [-0.39, 0.29) is 0 Å². The van der Waals surface area contributed by atoms with Crippen LogP contribution in [0.4, 0.5) is 11.4 Å². The zero-order valence-electron chi connectivity index (χ0n) is 15.0. The molecule has 3 N–H and O–H groups in total. The zero-order chi connectivity index (χ0) is 17.6. The number of hydrogen-bond acceptors (Lipinski definition) is 3. The molecule has 2 aromatic rings. The monoisotopic (exact) mass is 354 g/mol. The summed E-state index contributed by atoms with van der Waals surface area (Å²) in [5.74, 6) is 2.88. The Morgan fingerprint density at radius 1 is 1.08 bits per heavy atom. The van der Waals surface area contributed by atoms with Crippen molar-refractivity contribution >= 4 is 29.1 Å². The molecule has 1 saturated heterocycles. The third-order valence-corrected chi connectivity index (χ3v) is 5.18. The van der Waals surface area contributed by atoms with E-state index in [1.54, 1.807) is 0 Å². The van der Waals surface area contributed by atoms with E-state index in [1.165, 1.54) is 33.9 Å². The van der Waals surface area contributed by atoms with Gasteiger partial charge in [0.2, 0.25) is 0 Å². The van der Waals surface area contributed by atoms with Crippen molar-refractivity contribution in [2.45, 2.75) is 20.4 Å². The van der Waals surface area contributed by atoms with E-state index < -0.39 is 0 Å². The van der Waals surface area contributed by atoms with E-state index in [9.17, 15) is 0 Å². The minimum atomic E-state index is 0.446. The smallest absolute Gasteiger partial charge is 0.193 e. The number of hydrogen-bond donors (Lipinski definition) is 2. The summed E-state index contributed by atoms with van der Waals surface area (Å²) in [6, 6.07) is 14.9. The number of guanidine groups is 1. The number of nitrogens with zero attached hydrogens (tertiary/aromatic N) is 2. The lowest BCUT2D eigenvalue weighted by atomic mass is 10.1. The number of benzene rings is 2. The molecule has 1 fully saturated rings. The molecule has 1 aliphatic rings. The van der Waals surface area contributed by atoms with Gasteiger partial charge in [-0.1, -0.05) is 18.2 Å². The van der Waals surface area contributed by atoms with Crippen LogP contribution in [-0.4, -0.2) is 30.6 Å². The molecule has 0 saturated carbocycles. The topological polar surface area (TPSA) is 53.6 Å². The van der Waals surface area contributed by atoms with E-state index in [0.29, 0.717) is 12.5 Å². The lowest BCUT2D eigenvalue weighted by Gasteiger charge is -2.28. The van der Waals surface area contributed by atoms with Crippen LogP contribution < -0.4 is 16.0 Å². The maximum Gasteiger partial charge on any atom is 0.193 e. The Morgan fingerprint density at radius 2 is 1.72 bits per heavy atom. The predicted octanol–water partition coefficient (Wildman–Crippen LogP) is 3.78. The van der Waals surface area contributed by atoms with Crippen LogP contribution in [0, 0.1) is 13.8 Å². The largest absolute Gasteiger partial charge is 0.370 e. The summed E-state index contributed by atoms with van der Waals surface area (Å²) in [7, 11) is 0. The van der Waals surface area contributed by atoms with Crippen molar-refractivity contribution in [3.8, 4) is 0 Å². The van der Waals surface area contributed by atoms with Crippen molar-refractivity contribution in [1.82, 2.24) is 0 Å². The van der Waals surface area contributed by atoms with Gasteiger partial charge >= 0.3 is 0 Å². The Balaban J connectivity index is 1.58. The Bertz CT molecular complexity index is 714. The van der Waals surface area contributed by atoms with Crippen LogP contribution in [0.25, 0.3) is 0 Å². The van der Waals surface area contributed by atoms with Crippen LogP contribution in [0.15, 0.2) is 47.5 Å². The van der Waals surface area contributed by atoms with Crippen molar-refractivity contribution in [3.63, 3.8) is 0 Å². The highest BCUT2D eigenvalue weighted by Gasteiger charge is 2.10. The van der Waals surface area contributed by atoms with Gasteiger partial charge in [0.1, 0.15) is 0 Å². The molecule has 0 unspecified atom stereocenters. The molecule has 0 aromatic heterocycles. The number of rotatable bonds is 4. The molecule has 0 radical (unpaired) electrons. The molecule has 132 valence electrons. The number of aryl methyl sites for hydroxylation is 2. The fourth-order valence-electron chi connectivity index (χ4n) is 3.04. The van der Waals surface area contributed by atoms with Crippen LogP contribution in [0.3, 0.4) is 0 Å². The molecule has 0 aliphatic carbocycles. The lowest BCUT2D eigenvalue weighted by molar-refractivity contribution is 0.858. The first-order valence-corrected chi connectivity index (χ1v) is 9.82. The normalized spacial score (nSPS) is 15.3. The molecule has 0 spiro atoms. The Labute approximate surface area is 154 Å².